The number of carbonyl (C=O) groups excluding carboxylic acids is 3. The molecule has 142 valence electrons. The van der Waals surface area contributed by atoms with Crippen molar-refractivity contribution >= 4 is 23.2 Å². The molecule has 2 aromatic rings. The molecule has 0 spiro atoms. The lowest BCUT2D eigenvalue weighted by atomic mass is 10.3. The number of piperazine rings is 1. The summed E-state index contributed by atoms with van der Waals surface area (Å²) >= 11 is 0. The van der Waals surface area contributed by atoms with Crippen LogP contribution in [0.15, 0.2) is 24.4 Å². The van der Waals surface area contributed by atoms with Gasteiger partial charge in [-0.05, 0) is 25.0 Å². The smallest absolute Gasteiger partial charge is 0.290 e. The number of aromatic nitrogens is 2. The van der Waals surface area contributed by atoms with E-state index in [0.29, 0.717) is 37.4 Å². The molecule has 2 aliphatic rings. The molecule has 0 N–H and O–H groups in total. The molecule has 2 fully saturated rings. The van der Waals surface area contributed by atoms with Gasteiger partial charge in [-0.25, -0.2) is 4.98 Å². The second-order valence-electron chi connectivity index (χ2n) is 7.04. The van der Waals surface area contributed by atoms with Crippen LogP contribution >= 0.6 is 0 Å². The molecule has 0 aliphatic carbocycles. The van der Waals surface area contributed by atoms with E-state index in [1.807, 2.05) is 18.2 Å². The van der Waals surface area contributed by atoms with Crippen molar-refractivity contribution in [3.8, 4) is 0 Å². The third-order valence-electron chi connectivity index (χ3n) is 5.35. The van der Waals surface area contributed by atoms with E-state index in [1.54, 1.807) is 25.3 Å². The fourth-order valence-corrected chi connectivity index (χ4v) is 3.78. The zero-order valence-corrected chi connectivity index (χ0v) is 15.4. The molecule has 0 saturated carbocycles. The van der Waals surface area contributed by atoms with Gasteiger partial charge in [-0.1, -0.05) is 6.07 Å². The molecular weight excluding hydrogens is 346 g/mol. The highest BCUT2D eigenvalue weighted by Crippen LogP contribution is 2.19. The van der Waals surface area contributed by atoms with Crippen LogP contribution in [0.5, 0.6) is 0 Å². The summed E-state index contributed by atoms with van der Waals surface area (Å²) < 4.78 is 1.70. The summed E-state index contributed by atoms with van der Waals surface area (Å²) in [6.07, 6.45) is 3.77. The monoisotopic (exact) mass is 369 g/mol. The van der Waals surface area contributed by atoms with E-state index in [9.17, 15) is 14.4 Å². The molecule has 3 amide bonds. The first kappa shape index (κ1) is 17.5. The van der Waals surface area contributed by atoms with Crippen molar-refractivity contribution in [1.29, 1.82) is 0 Å². The van der Waals surface area contributed by atoms with Gasteiger partial charge in [-0.15, -0.1) is 0 Å². The predicted octanol–water partition coefficient (Wildman–Crippen LogP) is 0.875. The molecular formula is C19H23N5O3. The first-order chi connectivity index (χ1) is 13.1. The Morgan fingerprint density at radius 1 is 0.852 bits per heavy atom. The van der Waals surface area contributed by atoms with Crippen LogP contribution in [-0.4, -0.2) is 81.1 Å². The van der Waals surface area contributed by atoms with Crippen LogP contribution in [0.4, 0.5) is 0 Å². The molecule has 2 aliphatic heterocycles. The Hall–Kier alpha value is -2.90. The number of hydrogen-bond acceptors (Lipinski definition) is 4. The number of nitrogens with zero attached hydrogens (tertiary/aromatic N) is 5. The first-order valence-corrected chi connectivity index (χ1v) is 9.37. The molecule has 8 nitrogen and oxygen atoms in total. The Balaban J connectivity index is 1.63. The van der Waals surface area contributed by atoms with E-state index in [-0.39, 0.29) is 23.5 Å². The maximum absolute atomic E-state index is 13.1. The number of likely N-dealkylation sites (tertiary alicyclic amines) is 1. The first-order valence-electron chi connectivity index (χ1n) is 9.37. The molecule has 4 rings (SSSR count). The van der Waals surface area contributed by atoms with E-state index in [0.717, 1.165) is 25.9 Å². The van der Waals surface area contributed by atoms with Crippen molar-refractivity contribution in [2.75, 3.05) is 39.3 Å². The molecule has 2 saturated heterocycles. The Kier molecular flexibility index (Phi) is 4.55. The predicted molar refractivity (Wildman–Crippen MR) is 98.5 cm³/mol. The van der Waals surface area contributed by atoms with E-state index < -0.39 is 0 Å². The second-order valence-corrected chi connectivity index (χ2v) is 7.04. The molecule has 27 heavy (non-hydrogen) atoms. The summed E-state index contributed by atoms with van der Waals surface area (Å²) in [6, 6.07) is 5.49. The Bertz CT molecular complexity index is 892. The van der Waals surface area contributed by atoms with Crippen molar-refractivity contribution < 1.29 is 14.4 Å². The van der Waals surface area contributed by atoms with Crippen LogP contribution < -0.4 is 0 Å². The van der Waals surface area contributed by atoms with E-state index in [2.05, 4.69) is 4.98 Å². The molecule has 0 bridgehead atoms. The van der Waals surface area contributed by atoms with Crippen molar-refractivity contribution in [3.05, 3.63) is 35.9 Å². The molecule has 8 heteroatoms. The van der Waals surface area contributed by atoms with Gasteiger partial charge >= 0.3 is 0 Å². The van der Waals surface area contributed by atoms with Crippen LogP contribution in [0.3, 0.4) is 0 Å². The van der Waals surface area contributed by atoms with Crippen molar-refractivity contribution in [2.45, 2.75) is 19.8 Å². The summed E-state index contributed by atoms with van der Waals surface area (Å²) in [4.78, 5) is 47.1. The molecule has 4 heterocycles. The lowest BCUT2D eigenvalue weighted by molar-refractivity contribution is -0.130. The van der Waals surface area contributed by atoms with Gasteiger partial charge in [0.25, 0.3) is 11.8 Å². The number of imidazole rings is 1. The Labute approximate surface area is 157 Å². The average molecular weight is 369 g/mol. The van der Waals surface area contributed by atoms with Crippen molar-refractivity contribution in [3.63, 3.8) is 0 Å². The zero-order valence-electron chi connectivity index (χ0n) is 15.4. The molecule has 0 atom stereocenters. The highest BCUT2D eigenvalue weighted by molar-refractivity contribution is 6.02. The number of amides is 3. The van der Waals surface area contributed by atoms with Gasteiger partial charge in [0.1, 0.15) is 0 Å². The Morgan fingerprint density at radius 2 is 1.48 bits per heavy atom. The lowest BCUT2D eigenvalue weighted by Gasteiger charge is -2.33. The van der Waals surface area contributed by atoms with Gasteiger partial charge < -0.3 is 14.7 Å². The number of fused-ring (bicyclic) bond motifs is 1. The molecule has 0 unspecified atom stereocenters. The molecule has 0 aromatic carbocycles. The van der Waals surface area contributed by atoms with E-state index in [4.69, 9.17) is 0 Å². The molecule has 0 radical (unpaired) electrons. The van der Waals surface area contributed by atoms with Crippen molar-refractivity contribution in [2.24, 2.45) is 0 Å². The Morgan fingerprint density at radius 3 is 2.15 bits per heavy atom. The highest BCUT2D eigenvalue weighted by Gasteiger charge is 2.30. The minimum Gasteiger partial charge on any atom is -0.339 e. The van der Waals surface area contributed by atoms with Gasteiger partial charge in [-0.2, -0.15) is 0 Å². The average Bonchev–Trinajstić information content (AvgIpc) is 3.35. The number of rotatable bonds is 2. The maximum atomic E-state index is 13.1. The van der Waals surface area contributed by atoms with E-state index >= 15 is 0 Å². The van der Waals surface area contributed by atoms with Crippen LogP contribution in [0.1, 0.15) is 40.9 Å². The van der Waals surface area contributed by atoms with Crippen molar-refractivity contribution in [1.82, 2.24) is 24.1 Å². The minimum atomic E-state index is -0.208. The summed E-state index contributed by atoms with van der Waals surface area (Å²) in [7, 11) is 0. The quantitative estimate of drug-likeness (QED) is 0.787. The number of hydrogen-bond donors (Lipinski definition) is 0. The summed E-state index contributed by atoms with van der Waals surface area (Å²) in [5.41, 5.74) is 0.989. The minimum absolute atomic E-state index is 0.0202. The molecule has 2 aromatic heterocycles. The summed E-state index contributed by atoms with van der Waals surface area (Å²) in [6.45, 7) is 4.98. The van der Waals surface area contributed by atoms with Gasteiger partial charge in [0, 0.05) is 52.4 Å². The zero-order chi connectivity index (χ0) is 19.0. The van der Waals surface area contributed by atoms with Crippen LogP contribution in [0.25, 0.3) is 5.52 Å². The van der Waals surface area contributed by atoms with Crippen LogP contribution in [0.2, 0.25) is 0 Å². The standard InChI is InChI=1S/C19H23N5O3/c1-14(25)21-10-12-23(13-11-21)19(27)17-20-16(15-6-2-3-9-24(15)17)18(26)22-7-4-5-8-22/h2-3,6,9H,4-5,7-8,10-13H2,1H3. The largest absolute Gasteiger partial charge is 0.339 e. The van der Waals surface area contributed by atoms with Gasteiger partial charge in [0.15, 0.2) is 5.69 Å². The summed E-state index contributed by atoms with van der Waals surface area (Å²) in [5.74, 6) is -0.0483. The summed E-state index contributed by atoms with van der Waals surface area (Å²) in [5, 5.41) is 0. The SMILES string of the molecule is CC(=O)N1CCN(C(=O)c2nc(C(=O)N3CCCC3)c3ccccn23)CC1. The third kappa shape index (κ3) is 3.15. The second kappa shape index (κ2) is 7.02. The fourth-order valence-electron chi connectivity index (χ4n) is 3.78. The third-order valence-corrected chi connectivity index (χ3v) is 5.35. The van der Waals surface area contributed by atoms with Crippen LogP contribution in [-0.2, 0) is 4.79 Å². The fraction of sp³-hybridized carbons (Fsp3) is 0.474. The maximum Gasteiger partial charge on any atom is 0.290 e. The van der Waals surface area contributed by atoms with Gasteiger partial charge in [0.2, 0.25) is 11.7 Å². The lowest BCUT2D eigenvalue weighted by Crippen LogP contribution is -2.50. The van der Waals surface area contributed by atoms with E-state index in [1.165, 1.54) is 6.92 Å². The van der Waals surface area contributed by atoms with Crippen LogP contribution in [0, 0.1) is 0 Å². The number of carbonyl (C=O) groups is 3. The number of pyridine rings is 1. The highest BCUT2D eigenvalue weighted by atomic mass is 16.2. The topological polar surface area (TPSA) is 78.2 Å². The van der Waals surface area contributed by atoms with Gasteiger partial charge in [-0.3, -0.25) is 18.8 Å². The van der Waals surface area contributed by atoms with Gasteiger partial charge in [0.05, 0.1) is 5.52 Å². The normalized spacial score (nSPS) is 17.6.